The molecule has 6 nitrogen and oxygen atoms in total. The minimum atomic E-state index is -0.804. The van der Waals surface area contributed by atoms with Crippen molar-refractivity contribution in [3.05, 3.63) is 48.0 Å². The summed E-state index contributed by atoms with van der Waals surface area (Å²) in [5.41, 5.74) is 0.894. The third-order valence-electron chi connectivity index (χ3n) is 4.39. The Balaban J connectivity index is 1.98. The van der Waals surface area contributed by atoms with Gasteiger partial charge < -0.3 is 15.4 Å². The highest BCUT2D eigenvalue weighted by molar-refractivity contribution is 5.92. The van der Waals surface area contributed by atoms with E-state index in [1.807, 2.05) is 63.2 Å². The number of esters is 1. The molecule has 0 unspecified atom stereocenters. The van der Waals surface area contributed by atoms with E-state index in [-0.39, 0.29) is 30.8 Å². The second-order valence-corrected chi connectivity index (χ2v) is 7.06. The molecular weight excluding hydrogens is 356 g/mol. The summed E-state index contributed by atoms with van der Waals surface area (Å²) in [5, 5.41) is 7.47. The van der Waals surface area contributed by atoms with E-state index < -0.39 is 12.0 Å². The highest BCUT2D eigenvalue weighted by atomic mass is 16.5. The van der Waals surface area contributed by atoms with E-state index in [9.17, 15) is 14.4 Å². The van der Waals surface area contributed by atoms with E-state index in [1.165, 1.54) is 0 Å². The van der Waals surface area contributed by atoms with Crippen molar-refractivity contribution in [2.75, 3.05) is 13.2 Å². The van der Waals surface area contributed by atoms with Gasteiger partial charge in [-0.25, -0.2) is 4.79 Å². The topological polar surface area (TPSA) is 84.5 Å². The molecule has 0 fully saturated rings. The van der Waals surface area contributed by atoms with Gasteiger partial charge in [0.2, 0.25) is 5.91 Å². The predicted octanol–water partition coefficient (Wildman–Crippen LogP) is 2.59. The van der Waals surface area contributed by atoms with Gasteiger partial charge in [0.25, 0.3) is 5.91 Å². The van der Waals surface area contributed by atoms with E-state index in [0.717, 1.165) is 22.8 Å². The molecule has 2 amide bonds. The molecule has 0 aliphatic rings. The van der Waals surface area contributed by atoms with Crippen molar-refractivity contribution >= 4 is 28.6 Å². The molecule has 2 N–H and O–H groups in total. The van der Waals surface area contributed by atoms with Crippen LogP contribution in [0.4, 0.5) is 0 Å². The van der Waals surface area contributed by atoms with Crippen molar-refractivity contribution in [2.45, 2.75) is 39.7 Å². The van der Waals surface area contributed by atoms with E-state index in [2.05, 4.69) is 10.6 Å². The predicted molar refractivity (Wildman–Crippen MR) is 109 cm³/mol. The zero-order valence-corrected chi connectivity index (χ0v) is 16.7. The molecule has 2 aromatic rings. The molecule has 2 aromatic carbocycles. The second kappa shape index (κ2) is 10.4. The first-order valence-electron chi connectivity index (χ1n) is 9.61. The molecule has 28 heavy (non-hydrogen) atoms. The number of rotatable bonds is 9. The Labute approximate surface area is 165 Å². The van der Waals surface area contributed by atoms with Crippen molar-refractivity contribution in [2.24, 2.45) is 5.92 Å². The quantitative estimate of drug-likeness (QED) is 0.651. The molecular formula is C22H28N2O4. The molecule has 0 saturated carbocycles. The molecule has 0 aromatic heterocycles. The third kappa shape index (κ3) is 6.08. The maximum Gasteiger partial charge on any atom is 0.329 e. The average molecular weight is 384 g/mol. The number of hydrogen-bond acceptors (Lipinski definition) is 4. The Hall–Kier alpha value is -2.89. The van der Waals surface area contributed by atoms with Crippen LogP contribution in [-0.4, -0.2) is 37.0 Å². The minimum absolute atomic E-state index is 0.162. The van der Waals surface area contributed by atoms with Crippen molar-refractivity contribution in [3.8, 4) is 0 Å². The molecule has 0 radical (unpaired) electrons. The molecule has 2 rings (SSSR count). The van der Waals surface area contributed by atoms with Gasteiger partial charge in [-0.3, -0.25) is 9.59 Å². The lowest BCUT2D eigenvalue weighted by Gasteiger charge is -2.21. The molecule has 1 atom stereocenters. The summed E-state index contributed by atoms with van der Waals surface area (Å²) in [6.45, 7) is 5.77. The molecule has 0 aliphatic carbocycles. The van der Waals surface area contributed by atoms with Gasteiger partial charge in [0.15, 0.2) is 6.61 Å². The smallest absolute Gasteiger partial charge is 0.329 e. The lowest BCUT2D eigenvalue weighted by atomic mass is 10.0. The van der Waals surface area contributed by atoms with Crippen LogP contribution in [0.1, 0.15) is 32.8 Å². The Morgan fingerprint density at radius 1 is 1.00 bits per heavy atom. The fourth-order valence-electron chi connectivity index (χ4n) is 2.88. The Bertz CT molecular complexity index is 827. The molecule has 0 heterocycles. The fourth-order valence-corrected chi connectivity index (χ4v) is 2.88. The van der Waals surface area contributed by atoms with Crippen LogP contribution in [-0.2, 0) is 25.5 Å². The summed E-state index contributed by atoms with van der Waals surface area (Å²) in [7, 11) is 0. The fraction of sp³-hybridized carbons (Fsp3) is 0.409. The van der Waals surface area contributed by atoms with Gasteiger partial charge in [0, 0.05) is 6.54 Å². The van der Waals surface area contributed by atoms with Crippen LogP contribution in [0.25, 0.3) is 10.8 Å². The van der Waals surface area contributed by atoms with Gasteiger partial charge >= 0.3 is 5.97 Å². The first kappa shape index (κ1) is 21.4. The van der Waals surface area contributed by atoms with Crippen molar-refractivity contribution < 1.29 is 19.1 Å². The number of amides is 2. The van der Waals surface area contributed by atoms with Gasteiger partial charge in [-0.2, -0.15) is 0 Å². The number of nitrogens with one attached hydrogen (secondary N) is 2. The van der Waals surface area contributed by atoms with Crippen LogP contribution in [0.5, 0.6) is 0 Å². The van der Waals surface area contributed by atoms with Crippen LogP contribution in [0.3, 0.4) is 0 Å². The summed E-state index contributed by atoms with van der Waals surface area (Å²) in [6, 6.07) is 12.9. The molecule has 0 bridgehead atoms. The lowest BCUT2D eigenvalue weighted by Crippen LogP contribution is -2.46. The van der Waals surface area contributed by atoms with Crippen molar-refractivity contribution in [3.63, 3.8) is 0 Å². The number of ether oxygens (including phenoxy) is 1. The van der Waals surface area contributed by atoms with Crippen molar-refractivity contribution in [1.29, 1.82) is 0 Å². The maximum atomic E-state index is 12.6. The zero-order valence-electron chi connectivity index (χ0n) is 16.7. The minimum Gasteiger partial charge on any atom is -0.454 e. The number of carbonyl (C=O) groups excluding carboxylic acids is 3. The molecule has 0 aliphatic heterocycles. The second-order valence-electron chi connectivity index (χ2n) is 7.06. The lowest BCUT2D eigenvalue weighted by molar-refractivity contribution is -0.152. The first-order valence-corrected chi connectivity index (χ1v) is 9.61. The first-order chi connectivity index (χ1) is 13.4. The van der Waals surface area contributed by atoms with E-state index in [4.69, 9.17) is 4.74 Å². The van der Waals surface area contributed by atoms with E-state index >= 15 is 0 Å². The molecule has 0 saturated heterocycles. The van der Waals surface area contributed by atoms with Crippen molar-refractivity contribution in [1.82, 2.24) is 10.6 Å². The Morgan fingerprint density at radius 2 is 1.71 bits per heavy atom. The summed E-state index contributed by atoms with van der Waals surface area (Å²) in [6.07, 6.45) is 0.966. The number of hydrogen-bond donors (Lipinski definition) is 2. The van der Waals surface area contributed by atoms with Gasteiger partial charge in [0.1, 0.15) is 6.04 Å². The van der Waals surface area contributed by atoms with Crippen LogP contribution >= 0.6 is 0 Å². The summed E-state index contributed by atoms with van der Waals surface area (Å²) in [4.78, 5) is 36.5. The van der Waals surface area contributed by atoms with Gasteiger partial charge in [0.05, 0.1) is 6.42 Å². The van der Waals surface area contributed by atoms with Crippen LogP contribution < -0.4 is 10.6 Å². The molecule has 0 spiro atoms. The standard InChI is InChI=1S/C22H28N2O4/c1-4-12-23-20(26)14-28-22(27)21(15(2)3)24-19(25)13-17-10-7-9-16-8-5-6-11-18(16)17/h5-11,15,21H,4,12-14H2,1-3H3,(H,23,26)(H,24,25)/t21-/m0/s1. The third-order valence-corrected chi connectivity index (χ3v) is 4.39. The highest BCUT2D eigenvalue weighted by Gasteiger charge is 2.26. The Kier molecular flexibility index (Phi) is 7.99. The van der Waals surface area contributed by atoms with Crippen LogP contribution in [0.2, 0.25) is 0 Å². The average Bonchev–Trinajstić information content (AvgIpc) is 2.68. The van der Waals surface area contributed by atoms with Gasteiger partial charge in [-0.05, 0) is 28.7 Å². The number of benzene rings is 2. The zero-order chi connectivity index (χ0) is 20.5. The monoisotopic (exact) mass is 384 g/mol. The SMILES string of the molecule is CCCNC(=O)COC(=O)[C@@H](NC(=O)Cc1cccc2ccccc12)C(C)C. The number of fused-ring (bicyclic) bond motifs is 1. The Morgan fingerprint density at radius 3 is 2.43 bits per heavy atom. The van der Waals surface area contributed by atoms with E-state index in [1.54, 1.807) is 0 Å². The largest absolute Gasteiger partial charge is 0.454 e. The van der Waals surface area contributed by atoms with Gasteiger partial charge in [-0.1, -0.05) is 63.2 Å². The highest BCUT2D eigenvalue weighted by Crippen LogP contribution is 2.19. The number of carbonyl (C=O) groups is 3. The summed E-state index contributed by atoms with van der Waals surface area (Å²) in [5.74, 6) is -1.38. The van der Waals surface area contributed by atoms with Crippen LogP contribution in [0.15, 0.2) is 42.5 Å². The summed E-state index contributed by atoms with van der Waals surface area (Å²) >= 11 is 0. The molecule has 6 heteroatoms. The maximum absolute atomic E-state index is 12.6. The normalized spacial score (nSPS) is 11.9. The molecule has 150 valence electrons. The van der Waals surface area contributed by atoms with E-state index in [0.29, 0.717) is 6.54 Å². The van der Waals surface area contributed by atoms with Crippen LogP contribution in [0, 0.1) is 5.92 Å². The summed E-state index contributed by atoms with van der Waals surface area (Å²) < 4.78 is 5.08. The van der Waals surface area contributed by atoms with Gasteiger partial charge in [-0.15, -0.1) is 0 Å².